The monoisotopic (exact) mass is 258 g/mol. The SMILES string of the molecule is CC(C)C[C@@H](C)N(C)C(=O)CN1CSCC1=O. The second-order valence-corrected chi connectivity index (χ2v) is 6.01. The van der Waals surface area contributed by atoms with E-state index in [1.54, 1.807) is 21.6 Å². The molecule has 5 heteroatoms. The van der Waals surface area contributed by atoms with Crippen LogP contribution in [0.25, 0.3) is 0 Å². The molecule has 2 amide bonds. The molecule has 0 aromatic carbocycles. The van der Waals surface area contributed by atoms with Gasteiger partial charge in [-0.15, -0.1) is 11.8 Å². The molecule has 0 aromatic heterocycles. The summed E-state index contributed by atoms with van der Waals surface area (Å²) in [6.07, 6.45) is 0.991. The van der Waals surface area contributed by atoms with Crippen molar-refractivity contribution in [2.75, 3.05) is 25.2 Å². The number of thioether (sulfide) groups is 1. The Kier molecular flexibility index (Phi) is 5.31. The van der Waals surface area contributed by atoms with Crippen LogP contribution in [0.1, 0.15) is 27.2 Å². The van der Waals surface area contributed by atoms with Gasteiger partial charge < -0.3 is 9.80 Å². The van der Waals surface area contributed by atoms with Crippen LogP contribution in [-0.2, 0) is 9.59 Å². The zero-order valence-corrected chi connectivity index (χ0v) is 11.9. The standard InChI is InChI=1S/C12H22N2O2S/c1-9(2)5-10(3)13(4)11(15)6-14-8-17-7-12(14)16/h9-10H,5-8H2,1-4H3/t10-/m1/s1. The molecule has 0 unspecified atom stereocenters. The minimum atomic E-state index is 0.0361. The highest BCUT2D eigenvalue weighted by Gasteiger charge is 2.25. The van der Waals surface area contributed by atoms with Crippen molar-refractivity contribution < 1.29 is 9.59 Å². The Hall–Kier alpha value is -0.710. The van der Waals surface area contributed by atoms with Gasteiger partial charge in [-0.2, -0.15) is 0 Å². The topological polar surface area (TPSA) is 40.6 Å². The van der Waals surface area contributed by atoms with Crippen LogP contribution >= 0.6 is 11.8 Å². The summed E-state index contributed by atoms with van der Waals surface area (Å²) in [7, 11) is 1.82. The maximum absolute atomic E-state index is 12.0. The number of nitrogens with zero attached hydrogens (tertiary/aromatic N) is 2. The molecule has 1 rings (SSSR count). The fourth-order valence-corrected chi connectivity index (χ4v) is 2.81. The molecule has 1 saturated heterocycles. The Morgan fingerprint density at radius 1 is 1.47 bits per heavy atom. The van der Waals surface area contributed by atoms with Crippen LogP contribution in [0.5, 0.6) is 0 Å². The van der Waals surface area contributed by atoms with Gasteiger partial charge in [0.05, 0.1) is 11.6 Å². The summed E-state index contributed by atoms with van der Waals surface area (Å²) in [5.74, 6) is 1.85. The molecule has 4 nitrogen and oxygen atoms in total. The van der Waals surface area contributed by atoms with Crippen molar-refractivity contribution in [1.29, 1.82) is 0 Å². The first-order chi connectivity index (χ1) is 7.91. The van der Waals surface area contributed by atoms with E-state index in [-0.39, 0.29) is 24.4 Å². The lowest BCUT2D eigenvalue weighted by Crippen LogP contribution is -2.43. The highest BCUT2D eigenvalue weighted by Crippen LogP contribution is 2.15. The van der Waals surface area contributed by atoms with E-state index < -0.39 is 0 Å². The molecule has 0 aromatic rings. The van der Waals surface area contributed by atoms with Crippen LogP contribution in [0, 0.1) is 5.92 Å². The molecular weight excluding hydrogens is 236 g/mol. The first-order valence-corrected chi connectivity index (χ1v) is 7.18. The Bertz CT molecular complexity index is 294. The summed E-state index contributed by atoms with van der Waals surface area (Å²) in [5.41, 5.74) is 0. The fraction of sp³-hybridized carbons (Fsp3) is 0.833. The van der Waals surface area contributed by atoms with Gasteiger partial charge >= 0.3 is 0 Å². The minimum absolute atomic E-state index is 0.0361. The summed E-state index contributed by atoms with van der Waals surface area (Å²) >= 11 is 1.57. The lowest BCUT2D eigenvalue weighted by atomic mass is 10.0. The van der Waals surface area contributed by atoms with Gasteiger partial charge in [-0.3, -0.25) is 9.59 Å². The van der Waals surface area contributed by atoms with Gasteiger partial charge in [0.25, 0.3) is 0 Å². The lowest BCUT2D eigenvalue weighted by Gasteiger charge is -2.28. The quantitative estimate of drug-likeness (QED) is 0.748. The Morgan fingerprint density at radius 3 is 2.59 bits per heavy atom. The molecule has 0 bridgehead atoms. The number of hydrogen-bond acceptors (Lipinski definition) is 3. The predicted octanol–water partition coefficient (Wildman–Crippen LogP) is 1.41. The Labute approximate surface area is 108 Å². The molecule has 1 atom stereocenters. The van der Waals surface area contributed by atoms with Crippen LogP contribution in [0.4, 0.5) is 0 Å². The Morgan fingerprint density at radius 2 is 2.12 bits per heavy atom. The molecule has 17 heavy (non-hydrogen) atoms. The Balaban J connectivity index is 2.43. The highest BCUT2D eigenvalue weighted by molar-refractivity contribution is 8.00. The number of rotatable bonds is 5. The van der Waals surface area contributed by atoms with E-state index in [1.807, 2.05) is 7.05 Å². The van der Waals surface area contributed by atoms with E-state index >= 15 is 0 Å². The second-order valence-electron chi connectivity index (χ2n) is 5.05. The van der Waals surface area contributed by atoms with E-state index in [2.05, 4.69) is 20.8 Å². The summed E-state index contributed by atoms with van der Waals surface area (Å²) in [4.78, 5) is 26.8. The summed E-state index contributed by atoms with van der Waals surface area (Å²) < 4.78 is 0. The van der Waals surface area contributed by atoms with Crippen molar-refractivity contribution in [3.8, 4) is 0 Å². The second kappa shape index (κ2) is 6.28. The molecule has 1 aliphatic rings. The summed E-state index contributed by atoms with van der Waals surface area (Å²) in [5, 5.41) is 0. The summed E-state index contributed by atoms with van der Waals surface area (Å²) in [6, 6.07) is 0.229. The number of hydrogen-bond donors (Lipinski definition) is 0. The number of likely N-dealkylation sites (N-methyl/N-ethyl adjacent to an activating group) is 1. The van der Waals surface area contributed by atoms with Crippen LogP contribution in [-0.4, -0.2) is 52.9 Å². The van der Waals surface area contributed by atoms with Crippen molar-refractivity contribution >= 4 is 23.6 Å². The van der Waals surface area contributed by atoms with Crippen molar-refractivity contribution in [2.24, 2.45) is 5.92 Å². The maximum Gasteiger partial charge on any atom is 0.242 e. The molecule has 1 aliphatic heterocycles. The third kappa shape index (κ3) is 4.22. The molecular formula is C12H22N2O2S. The minimum Gasteiger partial charge on any atom is -0.342 e. The highest BCUT2D eigenvalue weighted by atomic mass is 32.2. The van der Waals surface area contributed by atoms with Crippen LogP contribution < -0.4 is 0 Å². The van der Waals surface area contributed by atoms with Crippen molar-refractivity contribution in [3.05, 3.63) is 0 Å². The van der Waals surface area contributed by atoms with E-state index in [0.29, 0.717) is 17.5 Å². The van der Waals surface area contributed by atoms with E-state index in [4.69, 9.17) is 0 Å². The largest absolute Gasteiger partial charge is 0.342 e. The third-order valence-corrected chi connectivity index (χ3v) is 3.96. The molecule has 0 radical (unpaired) electrons. The molecule has 0 saturated carbocycles. The molecule has 0 spiro atoms. The van der Waals surface area contributed by atoms with Gasteiger partial charge in [-0.1, -0.05) is 13.8 Å². The molecule has 0 aliphatic carbocycles. The molecule has 98 valence electrons. The maximum atomic E-state index is 12.0. The van der Waals surface area contributed by atoms with Gasteiger partial charge in [-0.05, 0) is 19.3 Å². The van der Waals surface area contributed by atoms with Crippen LogP contribution in [0.15, 0.2) is 0 Å². The van der Waals surface area contributed by atoms with Crippen molar-refractivity contribution in [1.82, 2.24) is 9.80 Å². The average Bonchev–Trinajstić information content (AvgIpc) is 2.62. The lowest BCUT2D eigenvalue weighted by molar-refractivity contribution is -0.138. The smallest absolute Gasteiger partial charge is 0.242 e. The molecule has 1 heterocycles. The zero-order valence-electron chi connectivity index (χ0n) is 11.1. The zero-order chi connectivity index (χ0) is 13.0. The summed E-state index contributed by atoms with van der Waals surface area (Å²) in [6.45, 7) is 6.58. The predicted molar refractivity (Wildman–Crippen MR) is 70.7 cm³/mol. The number of amides is 2. The van der Waals surface area contributed by atoms with Gasteiger partial charge in [0, 0.05) is 13.1 Å². The first kappa shape index (κ1) is 14.4. The average molecular weight is 258 g/mol. The van der Waals surface area contributed by atoms with E-state index in [1.165, 1.54) is 0 Å². The first-order valence-electron chi connectivity index (χ1n) is 6.03. The van der Waals surface area contributed by atoms with Crippen LogP contribution in [0.3, 0.4) is 0 Å². The van der Waals surface area contributed by atoms with E-state index in [0.717, 1.165) is 6.42 Å². The van der Waals surface area contributed by atoms with Gasteiger partial charge in [0.15, 0.2) is 0 Å². The number of carbonyl (C=O) groups is 2. The normalized spacial score (nSPS) is 17.7. The van der Waals surface area contributed by atoms with Gasteiger partial charge in [0.1, 0.15) is 6.54 Å². The number of carbonyl (C=O) groups excluding carboxylic acids is 2. The van der Waals surface area contributed by atoms with Crippen molar-refractivity contribution in [2.45, 2.75) is 33.2 Å². The van der Waals surface area contributed by atoms with Gasteiger partial charge in [-0.25, -0.2) is 0 Å². The van der Waals surface area contributed by atoms with Crippen molar-refractivity contribution in [3.63, 3.8) is 0 Å². The third-order valence-electron chi connectivity index (χ3n) is 3.02. The fourth-order valence-electron chi connectivity index (χ4n) is 1.90. The van der Waals surface area contributed by atoms with Gasteiger partial charge in [0.2, 0.25) is 11.8 Å². The molecule has 1 fully saturated rings. The van der Waals surface area contributed by atoms with Crippen LogP contribution in [0.2, 0.25) is 0 Å². The molecule has 0 N–H and O–H groups in total. The van der Waals surface area contributed by atoms with E-state index in [9.17, 15) is 9.59 Å².